The van der Waals surface area contributed by atoms with E-state index in [9.17, 15) is 31.5 Å². The Balaban J connectivity index is 1.44. The number of hydrogen-bond donors (Lipinski definition) is 2. The number of amides is 1. The number of aromatic nitrogens is 1. The summed E-state index contributed by atoms with van der Waals surface area (Å²) in [6.45, 7) is 5.92. The number of fused-ring (bicyclic) bond motifs is 1. The number of nitrogens with zero attached hydrogens (tertiary/aromatic N) is 2. The lowest BCUT2D eigenvalue weighted by Gasteiger charge is -2.35. The highest BCUT2D eigenvalue weighted by atomic mass is 32.2. The fourth-order valence-corrected chi connectivity index (χ4v) is 6.35. The van der Waals surface area contributed by atoms with Gasteiger partial charge in [0.2, 0.25) is 0 Å². The second-order valence-electron chi connectivity index (χ2n) is 10.8. The number of carbonyl (C=O) groups is 1. The lowest BCUT2D eigenvalue weighted by molar-refractivity contribution is -0.209. The lowest BCUT2D eigenvalue weighted by atomic mass is 9.96. The number of nitrogens with one attached hydrogen (secondary N) is 1. The maximum absolute atomic E-state index is 13.1. The zero-order valence-electron chi connectivity index (χ0n) is 22.8. The fourth-order valence-electron chi connectivity index (χ4n) is 5.46. The van der Waals surface area contributed by atoms with Crippen LogP contribution in [0.4, 0.5) is 13.2 Å². The van der Waals surface area contributed by atoms with Crippen molar-refractivity contribution in [3.8, 4) is 0 Å². The second kappa shape index (κ2) is 12.1. The van der Waals surface area contributed by atoms with Gasteiger partial charge in [-0.3, -0.25) is 14.7 Å². The number of halogens is 3. The molecule has 1 amide bonds. The minimum absolute atomic E-state index is 0.0286. The number of hydrogen-bond acceptors (Lipinski definition) is 7. The Morgan fingerprint density at radius 1 is 1.23 bits per heavy atom. The van der Waals surface area contributed by atoms with Crippen LogP contribution in [-0.2, 0) is 21.1 Å². The molecule has 1 fully saturated rings. The first-order valence-electron chi connectivity index (χ1n) is 13.5. The molecule has 40 heavy (non-hydrogen) atoms. The smallest absolute Gasteiger partial charge is 0.394 e. The Bertz CT molecular complexity index is 1290. The van der Waals surface area contributed by atoms with Gasteiger partial charge in [-0.2, -0.15) is 13.2 Å². The molecule has 4 rings (SSSR count). The van der Waals surface area contributed by atoms with Gasteiger partial charge >= 0.3 is 6.18 Å². The molecule has 1 aromatic heterocycles. The first kappa shape index (κ1) is 30.4. The number of benzene rings is 1. The Hall–Kier alpha value is -2.54. The van der Waals surface area contributed by atoms with Crippen LogP contribution in [0.15, 0.2) is 41.4 Å². The molecule has 4 atom stereocenters. The zero-order valence-corrected chi connectivity index (χ0v) is 23.6. The fraction of sp³-hybridized carbons (Fsp3) is 0.571. The molecule has 220 valence electrons. The quantitative estimate of drug-likeness (QED) is 0.455. The second-order valence-corrected chi connectivity index (χ2v) is 13.1. The summed E-state index contributed by atoms with van der Waals surface area (Å²) >= 11 is 0. The van der Waals surface area contributed by atoms with E-state index in [4.69, 9.17) is 4.74 Å². The predicted octanol–water partition coefficient (Wildman–Crippen LogP) is 4.21. The number of ether oxygens (including phenoxy) is 1. The summed E-state index contributed by atoms with van der Waals surface area (Å²) in [4.78, 5) is 20.0. The Morgan fingerprint density at radius 2 is 1.93 bits per heavy atom. The molecule has 0 spiro atoms. The van der Waals surface area contributed by atoms with E-state index < -0.39 is 33.9 Å². The van der Waals surface area contributed by atoms with Gasteiger partial charge in [0.25, 0.3) is 5.91 Å². The molecule has 2 N–H and O–H groups in total. The molecule has 0 aliphatic carbocycles. The van der Waals surface area contributed by atoms with Gasteiger partial charge in [0.15, 0.2) is 9.84 Å². The van der Waals surface area contributed by atoms with Gasteiger partial charge in [0, 0.05) is 19.3 Å². The SMILES string of the molecule is CCS(=O)(=O)c1ccc([C@H](CO)NC(=O)c2cnc3c(c2)CN(C[C@H]2CCC(C(F)(F)F)CO2)C3C(C)C)cc1. The van der Waals surface area contributed by atoms with E-state index in [2.05, 4.69) is 29.0 Å². The number of carbonyl (C=O) groups excluding carboxylic acids is 1. The summed E-state index contributed by atoms with van der Waals surface area (Å²) in [6.07, 6.45) is -2.68. The van der Waals surface area contributed by atoms with Crippen molar-refractivity contribution >= 4 is 15.7 Å². The van der Waals surface area contributed by atoms with Crippen molar-refractivity contribution in [1.29, 1.82) is 0 Å². The minimum atomic E-state index is -4.25. The molecule has 1 aromatic carbocycles. The minimum Gasteiger partial charge on any atom is -0.394 e. The van der Waals surface area contributed by atoms with Crippen LogP contribution in [0.3, 0.4) is 0 Å². The zero-order chi connectivity index (χ0) is 29.2. The highest BCUT2D eigenvalue weighted by Crippen LogP contribution is 2.39. The van der Waals surface area contributed by atoms with Gasteiger partial charge in [-0.15, -0.1) is 0 Å². The number of alkyl halides is 3. The molecule has 2 unspecified atom stereocenters. The van der Waals surface area contributed by atoms with E-state index in [-0.39, 0.29) is 48.3 Å². The number of aliphatic hydroxyl groups is 1. The van der Waals surface area contributed by atoms with Crippen LogP contribution in [0.5, 0.6) is 0 Å². The summed E-state index contributed by atoms with van der Waals surface area (Å²) in [7, 11) is -3.37. The topological polar surface area (TPSA) is 109 Å². The molecule has 8 nitrogen and oxygen atoms in total. The highest BCUT2D eigenvalue weighted by molar-refractivity contribution is 7.91. The largest absolute Gasteiger partial charge is 0.394 e. The third kappa shape index (κ3) is 6.67. The monoisotopic (exact) mass is 583 g/mol. The molecule has 3 heterocycles. The lowest BCUT2D eigenvalue weighted by Crippen LogP contribution is -2.41. The average molecular weight is 584 g/mol. The van der Waals surface area contributed by atoms with E-state index >= 15 is 0 Å². The van der Waals surface area contributed by atoms with Gasteiger partial charge < -0.3 is 15.2 Å². The molecule has 2 aliphatic rings. The molecule has 0 bridgehead atoms. The summed E-state index contributed by atoms with van der Waals surface area (Å²) in [5.41, 5.74) is 2.58. The summed E-state index contributed by atoms with van der Waals surface area (Å²) < 4.78 is 68.8. The average Bonchev–Trinajstić information content (AvgIpc) is 3.28. The predicted molar refractivity (Wildman–Crippen MR) is 142 cm³/mol. The van der Waals surface area contributed by atoms with Crippen molar-refractivity contribution in [2.24, 2.45) is 11.8 Å². The summed E-state index contributed by atoms with van der Waals surface area (Å²) in [5.74, 6) is -1.71. The van der Waals surface area contributed by atoms with E-state index in [1.807, 2.05) is 0 Å². The number of sulfone groups is 1. The molecule has 12 heteroatoms. The molecular formula is C28H36F3N3O5S. The van der Waals surface area contributed by atoms with Crippen molar-refractivity contribution in [3.05, 3.63) is 58.9 Å². The Morgan fingerprint density at radius 3 is 2.48 bits per heavy atom. The van der Waals surface area contributed by atoms with Crippen molar-refractivity contribution in [1.82, 2.24) is 15.2 Å². The Labute approximate surface area is 232 Å². The van der Waals surface area contributed by atoms with E-state index in [1.54, 1.807) is 25.1 Å². The first-order chi connectivity index (χ1) is 18.8. The van der Waals surface area contributed by atoms with E-state index in [1.165, 1.54) is 18.3 Å². The Kier molecular flexibility index (Phi) is 9.23. The van der Waals surface area contributed by atoms with Crippen LogP contribution < -0.4 is 5.32 Å². The number of pyridine rings is 1. The number of rotatable bonds is 9. The molecule has 0 radical (unpaired) electrons. The van der Waals surface area contributed by atoms with E-state index in [0.29, 0.717) is 30.6 Å². The standard InChI is InChI=1S/C28H36F3N3O5S/c1-4-40(37,38)23-9-5-18(6-10-23)24(15-35)33-27(36)19-11-20-13-34(26(17(2)3)25(20)32-12-19)14-22-8-7-21(16-39-22)28(29,30)31/h5-6,9-12,17,21-22,24,26,35H,4,7-8,13-16H2,1-3H3,(H,33,36)/t21?,22-,24+,26?/m1/s1. The third-order valence-corrected chi connectivity index (χ3v) is 9.47. The third-order valence-electron chi connectivity index (χ3n) is 7.72. The number of aliphatic hydroxyl groups excluding tert-OH is 1. The van der Waals surface area contributed by atoms with Gasteiger partial charge in [-0.05, 0) is 48.1 Å². The summed E-state index contributed by atoms with van der Waals surface area (Å²) in [6, 6.07) is 7.02. The maximum atomic E-state index is 13.1. The van der Waals surface area contributed by atoms with Gasteiger partial charge in [0.05, 0.1) is 59.2 Å². The van der Waals surface area contributed by atoms with Gasteiger partial charge in [-0.1, -0.05) is 32.9 Å². The summed E-state index contributed by atoms with van der Waals surface area (Å²) in [5, 5.41) is 12.7. The van der Waals surface area contributed by atoms with Crippen LogP contribution in [0.2, 0.25) is 0 Å². The van der Waals surface area contributed by atoms with Crippen LogP contribution in [0, 0.1) is 11.8 Å². The van der Waals surface area contributed by atoms with Crippen LogP contribution in [0.25, 0.3) is 0 Å². The van der Waals surface area contributed by atoms with Crippen molar-refractivity contribution in [3.63, 3.8) is 0 Å². The van der Waals surface area contributed by atoms with Gasteiger partial charge in [0.1, 0.15) is 0 Å². The van der Waals surface area contributed by atoms with Gasteiger partial charge in [-0.25, -0.2) is 8.42 Å². The molecule has 2 aromatic rings. The van der Waals surface area contributed by atoms with Crippen molar-refractivity contribution in [2.75, 3.05) is 25.5 Å². The molecule has 1 saturated heterocycles. The molecule has 0 saturated carbocycles. The van der Waals surface area contributed by atoms with E-state index in [0.717, 1.165) is 11.3 Å². The molecule has 2 aliphatic heterocycles. The highest BCUT2D eigenvalue weighted by Gasteiger charge is 2.43. The molecular weight excluding hydrogens is 547 g/mol. The van der Waals surface area contributed by atoms with Crippen molar-refractivity contribution < 1.29 is 36.2 Å². The van der Waals surface area contributed by atoms with Crippen molar-refractivity contribution in [2.45, 2.75) is 69.4 Å². The van der Waals surface area contributed by atoms with Crippen LogP contribution in [0.1, 0.15) is 72.9 Å². The maximum Gasteiger partial charge on any atom is 0.394 e. The first-order valence-corrected chi connectivity index (χ1v) is 15.1. The van der Waals surface area contributed by atoms with Crippen LogP contribution >= 0.6 is 0 Å². The van der Waals surface area contributed by atoms with Crippen LogP contribution in [-0.4, -0.2) is 67.1 Å². The normalized spacial score (nSPS) is 22.8.